The molecule has 0 aromatic heterocycles. The van der Waals surface area contributed by atoms with E-state index < -0.39 is 30.0 Å². The summed E-state index contributed by atoms with van der Waals surface area (Å²) in [6.07, 6.45) is -4.97. The molecule has 1 unspecified atom stereocenters. The van der Waals surface area contributed by atoms with Gasteiger partial charge in [0.05, 0.1) is 12.3 Å². The highest BCUT2D eigenvalue weighted by molar-refractivity contribution is 5.97. The van der Waals surface area contributed by atoms with Crippen molar-refractivity contribution < 1.29 is 32.2 Å². The van der Waals surface area contributed by atoms with Crippen LogP contribution >= 0.6 is 0 Å². The third-order valence-electron chi connectivity index (χ3n) is 2.36. The van der Waals surface area contributed by atoms with Crippen LogP contribution in [-0.2, 0) is 14.3 Å². The van der Waals surface area contributed by atoms with E-state index in [0.717, 1.165) is 12.1 Å². The monoisotopic (exact) mass is 260 g/mol. The van der Waals surface area contributed by atoms with Crippen molar-refractivity contribution in [3.05, 3.63) is 29.8 Å². The van der Waals surface area contributed by atoms with Crippen LogP contribution in [0.25, 0.3) is 0 Å². The Bertz CT molecular complexity index is 495. The minimum Gasteiger partial charge on any atom is -0.406 e. The Hall–Kier alpha value is -2.05. The lowest BCUT2D eigenvalue weighted by Crippen LogP contribution is -2.17. The Morgan fingerprint density at radius 3 is 2.56 bits per heavy atom. The average Bonchev–Trinajstić information content (AvgIpc) is 2.55. The molecule has 1 heterocycles. The fraction of sp³-hybridized carbons (Fsp3) is 0.273. The lowest BCUT2D eigenvalue weighted by atomic mass is 9.98. The first-order valence-corrected chi connectivity index (χ1v) is 4.95. The van der Waals surface area contributed by atoms with Gasteiger partial charge in [-0.25, -0.2) is 0 Å². The molecule has 0 amide bonds. The molecule has 1 aromatic rings. The third kappa shape index (κ3) is 2.79. The van der Waals surface area contributed by atoms with E-state index in [1.165, 1.54) is 12.1 Å². The van der Waals surface area contributed by atoms with Crippen LogP contribution in [0.3, 0.4) is 0 Å². The van der Waals surface area contributed by atoms with E-state index in [0.29, 0.717) is 0 Å². The Morgan fingerprint density at radius 2 is 2.00 bits per heavy atom. The van der Waals surface area contributed by atoms with Crippen LogP contribution in [0.15, 0.2) is 24.3 Å². The molecule has 0 spiro atoms. The number of hydrogen-bond acceptors (Lipinski definition) is 4. The van der Waals surface area contributed by atoms with E-state index in [9.17, 15) is 22.8 Å². The first-order chi connectivity index (χ1) is 8.35. The first kappa shape index (κ1) is 12.4. The quantitative estimate of drug-likeness (QED) is 0.604. The molecule has 1 aliphatic heterocycles. The molecule has 2 rings (SSSR count). The van der Waals surface area contributed by atoms with Crippen molar-refractivity contribution in [2.75, 3.05) is 0 Å². The second-order valence-electron chi connectivity index (χ2n) is 3.67. The number of esters is 2. The van der Waals surface area contributed by atoms with Crippen LogP contribution in [0.1, 0.15) is 17.9 Å². The number of carbonyl (C=O) groups excluding carboxylic acids is 2. The molecular weight excluding hydrogens is 253 g/mol. The molecule has 1 fully saturated rings. The van der Waals surface area contributed by atoms with Crippen molar-refractivity contribution in [2.45, 2.75) is 18.7 Å². The summed E-state index contributed by atoms with van der Waals surface area (Å²) < 4.78 is 44.1. The summed E-state index contributed by atoms with van der Waals surface area (Å²) in [4.78, 5) is 22.2. The maximum Gasteiger partial charge on any atom is 0.573 e. The highest BCUT2D eigenvalue weighted by Crippen LogP contribution is 2.31. The predicted octanol–water partition coefficient (Wildman–Crippen LogP) is 2.14. The SMILES string of the molecule is O=C1CC(c2cccc(OC(F)(F)F)c2)C(=O)O1. The van der Waals surface area contributed by atoms with Gasteiger partial charge < -0.3 is 9.47 Å². The van der Waals surface area contributed by atoms with Crippen LogP contribution in [0, 0.1) is 0 Å². The van der Waals surface area contributed by atoms with Gasteiger partial charge in [0, 0.05) is 0 Å². The maximum absolute atomic E-state index is 12.0. The minimum atomic E-state index is -4.80. The summed E-state index contributed by atoms with van der Waals surface area (Å²) in [6, 6.07) is 4.93. The van der Waals surface area contributed by atoms with Crippen molar-refractivity contribution in [1.29, 1.82) is 0 Å². The lowest BCUT2D eigenvalue weighted by molar-refractivity contribution is -0.274. The van der Waals surface area contributed by atoms with Gasteiger partial charge in [0.15, 0.2) is 0 Å². The Morgan fingerprint density at radius 1 is 1.28 bits per heavy atom. The van der Waals surface area contributed by atoms with Crippen molar-refractivity contribution in [2.24, 2.45) is 0 Å². The van der Waals surface area contributed by atoms with Gasteiger partial charge in [-0.15, -0.1) is 13.2 Å². The molecule has 1 atom stereocenters. The standard InChI is InChI=1S/C11H7F3O4/c12-11(13,14)18-7-3-1-2-6(4-7)8-5-9(15)17-10(8)16/h1-4,8H,5H2. The summed E-state index contributed by atoms with van der Waals surface area (Å²) in [5.41, 5.74) is 0.257. The molecular formula is C11H7F3O4. The fourth-order valence-corrected chi connectivity index (χ4v) is 1.66. The number of halogens is 3. The number of carbonyl (C=O) groups is 2. The topological polar surface area (TPSA) is 52.6 Å². The molecule has 0 N–H and O–H groups in total. The number of cyclic esters (lactones) is 2. The van der Waals surface area contributed by atoms with E-state index in [1.54, 1.807) is 0 Å². The number of alkyl halides is 3. The molecule has 1 aromatic carbocycles. The summed E-state index contributed by atoms with van der Waals surface area (Å²) in [5.74, 6) is -2.75. The van der Waals surface area contributed by atoms with Crippen LogP contribution in [0.5, 0.6) is 5.75 Å². The zero-order chi connectivity index (χ0) is 13.3. The average molecular weight is 260 g/mol. The second kappa shape index (κ2) is 4.32. The molecule has 4 nitrogen and oxygen atoms in total. The van der Waals surface area contributed by atoms with Crippen molar-refractivity contribution in [3.8, 4) is 5.75 Å². The molecule has 0 aliphatic carbocycles. The summed E-state index contributed by atoms with van der Waals surface area (Å²) >= 11 is 0. The second-order valence-corrected chi connectivity index (χ2v) is 3.67. The normalized spacial score (nSPS) is 19.8. The third-order valence-corrected chi connectivity index (χ3v) is 2.36. The molecule has 0 saturated carbocycles. The van der Waals surface area contributed by atoms with Crippen LogP contribution < -0.4 is 4.74 Å². The van der Waals surface area contributed by atoms with Gasteiger partial charge in [0.2, 0.25) is 0 Å². The fourth-order valence-electron chi connectivity index (χ4n) is 1.66. The number of hydrogen-bond donors (Lipinski definition) is 0. The zero-order valence-electron chi connectivity index (χ0n) is 8.86. The first-order valence-electron chi connectivity index (χ1n) is 4.95. The predicted molar refractivity (Wildman–Crippen MR) is 51.6 cm³/mol. The lowest BCUT2D eigenvalue weighted by Gasteiger charge is -2.11. The summed E-state index contributed by atoms with van der Waals surface area (Å²) in [5, 5.41) is 0. The van der Waals surface area contributed by atoms with E-state index in [4.69, 9.17) is 0 Å². The van der Waals surface area contributed by atoms with Gasteiger partial charge in [0.1, 0.15) is 5.75 Å². The van der Waals surface area contributed by atoms with Crippen molar-refractivity contribution >= 4 is 11.9 Å². The Kier molecular flexibility index (Phi) is 2.98. The van der Waals surface area contributed by atoms with Gasteiger partial charge in [-0.1, -0.05) is 12.1 Å². The van der Waals surface area contributed by atoms with Gasteiger partial charge >= 0.3 is 18.3 Å². The van der Waals surface area contributed by atoms with E-state index in [-0.39, 0.29) is 12.0 Å². The molecule has 7 heteroatoms. The molecule has 1 saturated heterocycles. The van der Waals surface area contributed by atoms with Crippen molar-refractivity contribution in [3.63, 3.8) is 0 Å². The summed E-state index contributed by atoms with van der Waals surface area (Å²) in [7, 11) is 0. The van der Waals surface area contributed by atoms with E-state index in [2.05, 4.69) is 9.47 Å². The largest absolute Gasteiger partial charge is 0.573 e. The minimum absolute atomic E-state index is 0.172. The van der Waals surface area contributed by atoms with Crippen LogP contribution in [0.4, 0.5) is 13.2 Å². The van der Waals surface area contributed by atoms with Crippen LogP contribution in [0.2, 0.25) is 0 Å². The van der Waals surface area contributed by atoms with Gasteiger partial charge in [-0.2, -0.15) is 0 Å². The van der Waals surface area contributed by atoms with Crippen molar-refractivity contribution in [1.82, 2.24) is 0 Å². The van der Waals surface area contributed by atoms with E-state index in [1.807, 2.05) is 0 Å². The Balaban J connectivity index is 2.22. The smallest absolute Gasteiger partial charge is 0.406 e. The molecule has 18 heavy (non-hydrogen) atoms. The van der Waals surface area contributed by atoms with E-state index >= 15 is 0 Å². The molecule has 0 radical (unpaired) electrons. The summed E-state index contributed by atoms with van der Waals surface area (Å²) in [6.45, 7) is 0. The van der Waals surface area contributed by atoms with Crippen LogP contribution in [-0.4, -0.2) is 18.3 Å². The van der Waals surface area contributed by atoms with Gasteiger partial charge in [-0.3, -0.25) is 9.59 Å². The maximum atomic E-state index is 12.0. The van der Waals surface area contributed by atoms with Gasteiger partial charge in [-0.05, 0) is 17.7 Å². The van der Waals surface area contributed by atoms with Gasteiger partial charge in [0.25, 0.3) is 0 Å². The molecule has 96 valence electrons. The number of rotatable bonds is 2. The molecule has 1 aliphatic rings. The highest BCUT2D eigenvalue weighted by Gasteiger charge is 2.36. The Labute approximate surface area is 99.3 Å². The molecule has 0 bridgehead atoms. The number of ether oxygens (including phenoxy) is 2. The number of benzene rings is 1. The highest BCUT2D eigenvalue weighted by atomic mass is 19.4. The zero-order valence-corrected chi connectivity index (χ0v) is 8.86.